The van der Waals surface area contributed by atoms with E-state index >= 15 is 0 Å². The first-order valence-electron chi connectivity index (χ1n) is 10.3. The molecule has 8 heteroatoms. The van der Waals surface area contributed by atoms with Gasteiger partial charge >= 0.3 is 0 Å². The van der Waals surface area contributed by atoms with Gasteiger partial charge in [0.05, 0.1) is 0 Å². The Balaban J connectivity index is 0.00000272. The third kappa shape index (κ3) is 5.63. The average molecular weight is 529 g/mol. The van der Waals surface area contributed by atoms with Crippen LogP contribution in [-0.2, 0) is 13.0 Å². The number of hydrogen-bond donors (Lipinski definition) is 3. The molecule has 0 unspecified atom stereocenters. The molecule has 0 aliphatic heterocycles. The lowest BCUT2D eigenvalue weighted by Crippen LogP contribution is -2.38. The summed E-state index contributed by atoms with van der Waals surface area (Å²) >= 11 is 0. The summed E-state index contributed by atoms with van der Waals surface area (Å²) in [6, 6.07) is 16.6. The maximum atomic E-state index is 4.70. The Bertz CT molecular complexity index is 1130. The van der Waals surface area contributed by atoms with Crippen LogP contribution in [0, 0.1) is 6.92 Å². The number of hydrogen-bond acceptors (Lipinski definition) is 3. The Morgan fingerprint density at radius 2 is 1.97 bits per heavy atom. The molecule has 2 aromatic carbocycles. The molecule has 31 heavy (non-hydrogen) atoms. The number of fused-ring (bicyclic) bond motifs is 1. The van der Waals surface area contributed by atoms with Gasteiger partial charge in [-0.05, 0) is 49.6 Å². The number of para-hydroxylation sites is 1. The fourth-order valence-electron chi connectivity index (χ4n) is 3.49. The van der Waals surface area contributed by atoms with Gasteiger partial charge in [-0.3, -0.25) is 4.57 Å². The average Bonchev–Trinajstić information content (AvgIpc) is 3.39. The number of nitrogens with zero attached hydrogens (tertiary/aromatic N) is 4. The van der Waals surface area contributed by atoms with Gasteiger partial charge in [0.15, 0.2) is 11.8 Å². The van der Waals surface area contributed by atoms with Crippen molar-refractivity contribution in [3.05, 3.63) is 78.0 Å². The first-order valence-corrected chi connectivity index (χ1v) is 10.3. The minimum atomic E-state index is 0. The van der Waals surface area contributed by atoms with Crippen molar-refractivity contribution in [2.45, 2.75) is 26.8 Å². The summed E-state index contributed by atoms with van der Waals surface area (Å²) in [6.45, 7) is 6.20. The number of rotatable bonds is 7. The number of aliphatic imine (C=N–C) groups is 1. The van der Waals surface area contributed by atoms with Crippen molar-refractivity contribution in [3.63, 3.8) is 0 Å². The van der Waals surface area contributed by atoms with E-state index in [1.165, 1.54) is 22.0 Å². The predicted octanol–water partition coefficient (Wildman–Crippen LogP) is 3.97. The van der Waals surface area contributed by atoms with Crippen molar-refractivity contribution in [2.24, 2.45) is 4.99 Å². The SMILES string of the molecule is CCNC(=NCc1nncn1-c1ccccc1)NCCc1c[nH]c2cc(C)ccc12.I. The van der Waals surface area contributed by atoms with Crippen LogP contribution < -0.4 is 10.6 Å². The molecule has 0 aliphatic rings. The standard InChI is InChI=1S/C23H27N7.HI/c1-3-24-23(25-12-11-18-14-26-21-13-17(2)9-10-20(18)21)27-15-22-29-28-16-30(22)19-7-5-4-6-8-19;/h4-10,13-14,16,26H,3,11-12,15H2,1-2H3,(H2,24,25,27);1H. The lowest BCUT2D eigenvalue weighted by Gasteiger charge is -2.11. The third-order valence-corrected chi connectivity index (χ3v) is 4.99. The maximum Gasteiger partial charge on any atom is 0.191 e. The fourth-order valence-corrected chi connectivity index (χ4v) is 3.49. The highest BCUT2D eigenvalue weighted by Gasteiger charge is 2.07. The molecule has 4 aromatic rings. The van der Waals surface area contributed by atoms with E-state index in [-0.39, 0.29) is 24.0 Å². The summed E-state index contributed by atoms with van der Waals surface area (Å²) in [4.78, 5) is 8.06. The molecule has 162 valence electrons. The monoisotopic (exact) mass is 529 g/mol. The molecule has 0 atom stereocenters. The highest BCUT2D eigenvalue weighted by Crippen LogP contribution is 2.19. The first kappa shape index (κ1) is 22.8. The Morgan fingerprint density at radius 1 is 1.13 bits per heavy atom. The molecule has 0 amide bonds. The van der Waals surface area contributed by atoms with Gasteiger partial charge in [-0.1, -0.05) is 30.3 Å². The second-order valence-corrected chi connectivity index (χ2v) is 7.19. The zero-order chi connectivity index (χ0) is 20.8. The van der Waals surface area contributed by atoms with Crippen LogP contribution in [0.2, 0.25) is 0 Å². The van der Waals surface area contributed by atoms with E-state index in [0.29, 0.717) is 6.54 Å². The van der Waals surface area contributed by atoms with Gasteiger partial charge in [0.2, 0.25) is 0 Å². The van der Waals surface area contributed by atoms with Crippen molar-refractivity contribution >= 4 is 40.8 Å². The smallest absolute Gasteiger partial charge is 0.191 e. The molecule has 2 aromatic heterocycles. The quantitative estimate of drug-likeness (QED) is 0.192. The van der Waals surface area contributed by atoms with Gasteiger partial charge in [-0.2, -0.15) is 0 Å². The molecule has 0 saturated carbocycles. The molecule has 3 N–H and O–H groups in total. The summed E-state index contributed by atoms with van der Waals surface area (Å²) in [5.74, 6) is 1.57. The van der Waals surface area contributed by atoms with E-state index in [1.54, 1.807) is 6.33 Å². The number of H-pyrrole nitrogens is 1. The molecule has 0 spiro atoms. The number of aryl methyl sites for hydroxylation is 1. The summed E-state index contributed by atoms with van der Waals surface area (Å²) in [6.07, 6.45) is 4.73. The van der Waals surface area contributed by atoms with Crippen LogP contribution in [0.4, 0.5) is 0 Å². The van der Waals surface area contributed by atoms with Crippen LogP contribution in [0.3, 0.4) is 0 Å². The van der Waals surface area contributed by atoms with Crippen LogP contribution >= 0.6 is 24.0 Å². The summed E-state index contributed by atoms with van der Waals surface area (Å²) in [5.41, 5.74) is 4.78. The van der Waals surface area contributed by atoms with Gasteiger partial charge in [0.25, 0.3) is 0 Å². The highest BCUT2D eigenvalue weighted by molar-refractivity contribution is 14.0. The van der Waals surface area contributed by atoms with Crippen molar-refractivity contribution in [2.75, 3.05) is 13.1 Å². The molecular formula is C23H28IN7. The number of aromatic nitrogens is 4. The Morgan fingerprint density at radius 3 is 2.77 bits per heavy atom. The molecule has 0 radical (unpaired) electrons. The second-order valence-electron chi connectivity index (χ2n) is 7.19. The summed E-state index contributed by atoms with van der Waals surface area (Å²) in [5, 5.41) is 16.3. The lowest BCUT2D eigenvalue weighted by atomic mass is 10.1. The molecule has 2 heterocycles. The molecule has 0 aliphatic carbocycles. The minimum absolute atomic E-state index is 0. The van der Waals surface area contributed by atoms with Gasteiger partial charge < -0.3 is 15.6 Å². The Hall–Kier alpha value is -2.88. The van der Waals surface area contributed by atoms with Crippen molar-refractivity contribution < 1.29 is 0 Å². The lowest BCUT2D eigenvalue weighted by molar-refractivity contribution is 0.785. The van der Waals surface area contributed by atoms with Crippen LogP contribution in [0.25, 0.3) is 16.6 Å². The predicted molar refractivity (Wildman–Crippen MR) is 136 cm³/mol. The van der Waals surface area contributed by atoms with Crippen LogP contribution in [0.1, 0.15) is 23.9 Å². The van der Waals surface area contributed by atoms with Gasteiger partial charge in [0.1, 0.15) is 12.9 Å². The van der Waals surface area contributed by atoms with E-state index in [0.717, 1.165) is 37.0 Å². The van der Waals surface area contributed by atoms with Crippen LogP contribution in [-0.4, -0.2) is 38.8 Å². The van der Waals surface area contributed by atoms with Gasteiger partial charge in [-0.15, -0.1) is 34.2 Å². The molecule has 0 fully saturated rings. The number of aromatic amines is 1. The van der Waals surface area contributed by atoms with E-state index in [2.05, 4.69) is 64.1 Å². The molecule has 0 bridgehead atoms. The zero-order valence-corrected chi connectivity index (χ0v) is 20.1. The van der Waals surface area contributed by atoms with Crippen LogP contribution in [0.15, 0.2) is 66.0 Å². The Labute approximate surface area is 199 Å². The second kappa shape index (κ2) is 10.9. The summed E-state index contributed by atoms with van der Waals surface area (Å²) in [7, 11) is 0. The van der Waals surface area contributed by atoms with Crippen molar-refractivity contribution in [3.8, 4) is 5.69 Å². The third-order valence-electron chi connectivity index (χ3n) is 4.99. The van der Waals surface area contributed by atoms with Crippen molar-refractivity contribution in [1.82, 2.24) is 30.4 Å². The normalized spacial score (nSPS) is 11.4. The first-order chi connectivity index (χ1) is 14.7. The van der Waals surface area contributed by atoms with Gasteiger partial charge in [-0.25, -0.2) is 4.99 Å². The van der Waals surface area contributed by atoms with E-state index in [4.69, 9.17) is 4.99 Å². The largest absolute Gasteiger partial charge is 0.361 e. The molecule has 0 saturated heterocycles. The fraction of sp³-hybridized carbons (Fsp3) is 0.261. The minimum Gasteiger partial charge on any atom is -0.361 e. The number of benzene rings is 2. The number of nitrogens with one attached hydrogen (secondary N) is 3. The number of guanidine groups is 1. The van der Waals surface area contributed by atoms with Crippen LogP contribution in [0.5, 0.6) is 0 Å². The molecular weight excluding hydrogens is 501 g/mol. The van der Waals surface area contributed by atoms with E-state index in [9.17, 15) is 0 Å². The molecule has 7 nitrogen and oxygen atoms in total. The molecule has 4 rings (SSSR count). The Kier molecular flexibility index (Phi) is 8.05. The topological polar surface area (TPSA) is 82.9 Å². The zero-order valence-electron chi connectivity index (χ0n) is 17.8. The van der Waals surface area contributed by atoms with E-state index in [1.807, 2.05) is 34.9 Å². The highest BCUT2D eigenvalue weighted by atomic mass is 127. The summed E-state index contributed by atoms with van der Waals surface area (Å²) < 4.78 is 1.96. The van der Waals surface area contributed by atoms with Gasteiger partial charge in [0, 0.05) is 35.9 Å². The number of halogens is 1. The van der Waals surface area contributed by atoms with E-state index < -0.39 is 0 Å². The van der Waals surface area contributed by atoms with Crippen molar-refractivity contribution in [1.29, 1.82) is 0 Å². The maximum absolute atomic E-state index is 4.70.